The van der Waals surface area contributed by atoms with E-state index in [9.17, 15) is 9.59 Å². The van der Waals surface area contributed by atoms with E-state index in [1.54, 1.807) is 10.9 Å². The summed E-state index contributed by atoms with van der Waals surface area (Å²) in [5, 5.41) is 0. The normalized spacial score (nSPS) is 15.8. The number of rotatable bonds is 8. The van der Waals surface area contributed by atoms with Gasteiger partial charge < -0.3 is 18.8 Å². The van der Waals surface area contributed by atoms with Crippen LogP contribution in [0.15, 0.2) is 42.9 Å². The van der Waals surface area contributed by atoms with Gasteiger partial charge >= 0.3 is 11.9 Å². The van der Waals surface area contributed by atoms with Gasteiger partial charge in [0.05, 0.1) is 38.2 Å². The van der Waals surface area contributed by atoms with Gasteiger partial charge in [-0.05, 0) is 12.5 Å². The molecule has 150 valence electrons. The van der Waals surface area contributed by atoms with Gasteiger partial charge in [0.2, 0.25) is 0 Å². The molecule has 1 aliphatic heterocycles. The van der Waals surface area contributed by atoms with Gasteiger partial charge in [-0.3, -0.25) is 9.69 Å². The highest BCUT2D eigenvalue weighted by Gasteiger charge is 2.19. The van der Waals surface area contributed by atoms with Crippen molar-refractivity contribution in [1.82, 2.24) is 14.5 Å². The molecule has 1 atom stereocenters. The van der Waals surface area contributed by atoms with Crippen molar-refractivity contribution in [2.45, 2.75) is 19.4 Å². The Morgan fingerprint density at radius 1 is 1.18 bits per heavy atom. The van der Waals surface area contributed by atoms with Crippen LogP contribution in [0.25, 0.3) is 0 Å². The van der Waals surface area contributed by atoms with E-state index >= 15 is 0 Å². The summed E-state index contributed by atoms with van der Waals surface area (Å²) in [5.74, 6) is -0.910. The van der Waals surface area contributed by atoms with Gasteiger partial charge in [-0.2, -0.15) is 0 Å². The molecular weight excluding hydrogens is 362 g/mol. The zero-order valence-corrected chi connectivity index (χ0v) is 16.0. The van der Waals surface area contributed by atoms with E-state index in [-0.39, 0.29) is 25.8 Å². The smallest absolute Gasteiger partial charge is 0.356 e. The second kappa shape index (κ2) is 10.0. The Kier molecular flexibility index (Phi) is 7.16. The minimum absolute atomic E-state index is 0.0124. The van der Waals surface area contributed by atoms with Crippen LogP contribution in [-0.2, 0) is 19.0 Å². The summed E-state index contributed by atoms with van der Waals surface area (Å²) in [5.41, 5.74) is 1.40. The summed E-state index contributed by atoms with van der Waals surface area (Å²) in [4.78, 5) is 30.3. The lowest BCUT2D eigenvalue weighted by molar-refractivity contribution is -0.151. The molecule has 8 heteroatoms. The second-order valence-electron chi connectivity index (χ2n) is 6.53. The average Bonchev–Trinajstić information content (AvgIpc) is 3.23. The van der Waals surface area contributed by atoms with Crippen LogP contribution in [0.3, 0.4) is 0 Å². The van der Waals surface area contributed by atoms with Crippen molar-refractivity contribution in [3.8, 4) is 0 Å². The minimum atomic E-state index is -0.513. The Balaban J connectivity index is 1.45. The van der Waals surface area contributed by atoms with Crippen LogP contribution in [-0.4, -0.2) is 66.0 Å². The molecule has 0 unspecified atom stereocenters. The van der Waals surface area contributed by atoms with Crippen molar-refractivity contribution in [3.63, 3.8) is 0 Å². The number of morpholine rings is 1. The predicted octanol–water partition coefficient (Wildman–Crippen LogP) is 1.87. The average molecular weight is 387 g/mol. The summed E-state index contributed by atoms with van der Waals surface area (Å²) < 4.78 is 17.4. The van der Waals surface area contributed by atoms with Crippen molar-refractivity contribution < 1.29 is 23.8 Å². The molecule has 2 heterocycles. The molecule has 1 aromatic heterocycles. The Morgan fingerprint density at radius 3 is 2.68 bits per heavy atom. The summed E-state index contributed by atoms with van der Waals surface area (Å²) in [7, 11) is 0. The van der Waals surface area contributed by atoms with Crippen molar-refractivity contribution in [2.75, 3.05) is 39.6 Å². The number of imidazole rings is 1. The van der Waals surface area contributed by atoms with Crippen LogP contribution in [0.1, 0.15) is 35.4 Å². The van der Waals surface area contributed by atoms with Gasteiger partial charge in [-0.15, -0.1) is 0 Å². The monoisotopic (exact) mass is 387 g/mol. The Labute approximate surface area is 164 Å². The van der Waals surface area contributed by atoms with E-state index in [0.29, 0.717) is 18.9 Å². The first-order valence-electron chi connectivity index (χ1n) is 9.35. The fourth-order valence-electron chi connectivity index (χ4n) is 2.93. The number of hydrogen-bond donors (Lipinski definition) is 0. The maximum absolute atomic E-state index is 12.4. The molecule has 1 saturated heterocycles. The molecule has 8 nitrogen and oxygen atoms in total. The summed E-state index contributed by atoms with van der Waals surface area (Å²) >= 11 is 0. The van der Waals surface area contributed by atoms with Crippen LogP contribution in [0.5, 0.6) is 0 Å². The molecule has 0 aliphatic carbocycles. The van der Waals surface area contributed by atoms with Crippen molar-refractivity contribution >= 4 is 11.9 Å². The molecule has 0 saturated carbocycles. The van der Waals surface area contributed by atoms with Gasteiger partial charge in [-0.1, -0.05) is 30.3 Å². The lowest BCUT2D eigenvalue weighted by Crippen LogP contribution is -2.38. The number of nitrogens with zero attached hydrogens (tertiary/aromatic N) is 3. The molecule has 0 bridgehead atoms. The number of ether oxygens (including phenoxy) is 3. The molecule has 0 spiro atoms. The van der Waals surface area contributed by atoms with Crippen molar-refractivity contribution in [1.29, 1.82) is 0 Å². The maximum Gasteiger partial charge on any atom is 0.356 e. The molecule has 3 rings (SSSR count). The molecular formula is C20H25N3O5. The van der Waals surface area contributed by atoms with Crippen LogP contribution < -0.4 is 0 Å². The molecule has 1 fully saturated rings. The maximum atomic E-state index is 12.4. The van der Waals surface area contributed by atoms with Gasteiger partial charge in [0.15, 0.2) is 0 Å². The zero-order chi connectivity index (χ0) is 19.8. The third-order valence-corrected chi connectivity index (χ3v) is 4.63. The van der Waals surface area contributed by atoms with Gasteiger partial charge in [-0.25, -0.2) is 9.78 Å². The number of carbonyl (C=O) groups excluding carboxylic acids is 2. The fraction of sp³-hybridized carbons (Fsp3) is 0.450. The number of carbonyl (C=O) groups is 2. The lowest BCUT2D eigenvalue weighted by Gasteiger charge is -2.25. The molecule has 1 aliphatic rings. The van der Waals surface area contributed by atoms with E-state index in [2.05, 4.69) is 4.98 Å². The van der Waals surface area contributed by atoms with E-state index in [4.69, 9.17) is 14.2 Å². The predicted molar refractivity (Wildman–Crippen MR) is 101 cm³/mol. The third kappa shape index (κ3) is 5.40. The largest absolute Gasteiger partial charge is 0.460 e. The quantitative estimate of drug-likeness (QED) is 0.640. The molecule has 1 aromatic carbocycles. The van der Waals surface area contributed by atoms with Crippen LogP contribution in [0.2, 0.25) is 0 Å². The van der Waals surface area contributed by atoms with Gasteiger partial charge in [0.25, 0.3) is 0 Å². The molecule has 0 radical (unpaired) electrons. The zero-order valence-electron chi connectivity index (χ0n) is 16.0. The van der Waals surface area contributed by atoms with Gasteiger partial charge in [0.1, 0.15) is 19.0 Å². The SMILES string of the molecule is C[C@H](c1ccccc1)n1cncc1C(=O)OCCC(=O)OCN1CCOCC1. The summed E-state index contributed by atoms with van der Waals surface area (Å²) in [6, 6.07) is 9.75. The van der Waals surface area contributed by atoms with Crippen LogP contribution >= 0.6 is 0 Å². The highest BCUT2D eigenvalue weighted by molar-refractivity contribution is 5.87. The summed E-state index contributed by atoms with van der Waals surface area (Å²) in [6.45, 7) is 4.95. The van der Waals surface area contributed by atoms with E-state index in [1.807, 2.05) is 42.2 Å². The second-order valence-corrected chi connectivity index (χ2v) is 6.53. The lowest BCUT2D eigenvalue weighted by atomic mass is 10.1. The van der Waals surface area contributed by atoms with E-state index in [1.165, 1.54) is 6.20 Å². The Bertz CT molecular complexity index is 771. The standard InChI is InChI=1S/C20H25N3O5/c1-16(17-5-3-2-4-6-17)23-14-21-13-18(23)20(25)27-10-7-19(24)28-15-22-8-11-26-12-9-22/h2-6,13-14,16H,7-12,15H2,1H3/t16-/m1/s1. The number of hydrogen-bond acceptors (Lipinski definition) is 7. The number of esters is 2. The van der Waals surface area contributed by atoms with E-state index in [0.717, 1.165) is 18.7 Å². The van der Waals surface area contributed by atoms with E-state index < -0.39 is 11.9 Å². The van der Waals surface area contributed by atoms with Crippen molar-refractivity contribution in [2.24, 2.45) is 0 Å². The van der Waals surface area contributed by atoms with Crippen LogP contribution in [0.4, 0.5) is 0 Å². The van der Waals surface area contributed by atoms with Crippen molar-refractivity contribution in [3.05, 3.63) is 54.1 Å². The molecule has 2 aromatic rings. The minimum Gasteiger partial charge on any atom is -0.460 e. The first-order valence-corrected chi connectivity index (χ1v) is 9.35. The topological polar surface area (TPSA) is 82.9 Å². The first-order chi connectivity index (χ1) is 13.6. The molecule has 0 N–H and O–H groups in total. The fourth-order valence-corrected chi connectivity index (χ4v) is 2.93. The van der Waals surface area contributed by atoms with Crippen LogP contribution in [0, 0.1) is 0 Å². The Hall–Kier alpha value is -2.71. The molecule has 28 heavy (non-hydrogen) atoms. The number of aromatic nitrogens is 2. The number of benzene rings is 1. The van der Waals surface area contributed by atoms with Gasteiger partial charge in [0, 0.05) is 13.1 Å². The first kappa shape index (κ1) is 20.0. The Morgan fingerprint density at radius 2 is 1.93 bits per heavy atom. The third-order valence-electron chi connectivity index (χ3n) is 4.63. The highest BCUT2D eigenvalue weighted by atomic mass is 16.6. The summed E-state index contributed by atoms with van der Waals surface area (Å²) in [6.07, 6.45) is 3.09. The molecule has 0 amide bonds. The highest BCUT2D eigenvalue weighted by Crippen LogP contribution is 2.19.